The van der Waals surface area contributed by atoms with Gasteiger partial charge in [0.25, 0.3) is 0 Å². The summed E-state index contributed by atoms with van der Waals surface area (Å²) in [7, 11) is 0. The zero-order valence-corrected chi connectivity index (χ0v) is 10.3. The maximum atomic E-state index is 11.8. The molecule has 1 rings (SSSR count). The van der Waals surface area contributed by atoms with E-state index in [9.17, 15) is 9.59 Å². The van der Waals surface area contributed by atoms with Gasteiger partial charge in [0.2, 0.25) is 0 Å². The van der Waals surface area contributed by atoms with E-state index in [-0.39, 0.29) is 24.6 Å². The number of amides is 2. The number of carbonyl (C=O) groups is 2. The SMILES string of the molecule is CC1CN(C(=O)NCCCC(=O)O)C(C)CO1. The van der Waals surface area contributed by atoms with Crippen molar-refractivity contribution in [1.82, 2.24) is 10.2 Å². The molecule has 1 fully saturated rings. The van der Waals surface area contributed by atoms with Crippen molar-refractivity contribution in [3.8, 4) is 0 Å². The third-order valence-corrected chi connectivity index (χ3v) is 2.71. The van der Waals surface area contributed by atoms with Crippen molar-refractivity contribution in [1.29, 1.82) is 0 Å². The Bertz CT molecular complexity index is 283. The first-order valence-electron chi connectivity index (χ1n) is 5.88. The van der Waals surface area contributed by atoms with Gasteiger partial charge in [0, 0.05) is 19.5 Å². The molecule has 0 spiro atoms. The molecule has 2 atom stereocenters. The van der Waals surface area contributed by atoms with E-state index >= 15 is 0 Å². The number of hydrogen-bond acceptors (Lipinski definition) is 3. The maximum absolute atomic E-state index is 11.8. The van der Waals surface area contributed by atoms with Crippen molar-refractivity contribution >= 4 is 12.0 Å². The molecule has 6 heteroatoms. The number of carbonyl (C=O) groups excluding carboxylic acids is 1. The molecule has 0 radical (unpaired) electrons. The molecule has 1 aliphatic heterocycles. The lowest BCUT2D eigenvalue weighted by molar-refractivity contribution is -0.137. The Morgan fingerprint density at radius 2 is 2.18 bits per heavy atom. The lowest BCUT2D eigenvalue weighted by atomic mass is 10.2. The van der Waals surface area contributed by atoms with E-state index in [1.807, 2.05) is 13.8 Å². The molecular formula is C11H20N2O4. The molecule has 2 N–H and O–H groups in total. The van der Waals surface area contributed by atoms with E-state index in [1.54, 1.807) is 4.90 Å². The summed E-state index contributed by atoms with van der Waals surface area (Å²) in [5.74, 6) is -0.840. The van der Waals surface area contributed by atoms with Gasteiger partial charge >= 0.3 is 12.0 Å². The first kappa shape index (κ1) is 13.8. The molecule has 0 aromatic rings. The summed E-state index contributed by atoms with van der Waals surface area (Å²) in [4.78, 5) is 23.8. The number of carboxylic acids is 1. The molecule has 98 valence electrons. The first-order chi connectivity index (χ1) is 8.00. The number of rotatable bonds is 4. The number of hydrogen-bond donors (Lipinski definition) is 2. The van der Waals surface area contributed by atoms with Gasteiger partial charge in [0.15, 0.2) is 0 Å². The van der Waals surface area contributed by atoms with E-state index in [1.165, 1.54) is 0 Å². The van der Waals surface area contributed by atoms with Gasteiger partial charge in [-0.2, -0.15) is 0 Å². The molecule has 17 heavy (non-hydrogen) atoms. The first-order valence-corrected chi connectivity index (χ1v) is 5.88. The van der Waals surface area contributed by atoms with Crippen LogP contribution in [0.2, 0.25) is 0 Å². The van der Waals surface area contributed by atoms with Crippen LogP contribution >= 0.6 is 0 Å². The van der Waals surface area contributed by atoms with Crippen LogP contribution in [0.1, 0.15) is 26.7 Å². The number of morpholine rings is 1. The van der Waals surface area contributed by atoms with E-state index in [0.29, 0.717) is 26.1 Å². The van der Waals surface area contributed by atoms with Crippen LogP contribution in [0.25, 0.3) is 0 Å². The minimum atomic E-state index is -0.840. The van der Waals surface area contributed by atoms with Crippen LogP contribution in [0.3, 0.4) is 0 Å². The smallest absolute Gasteiger partial charge is 0.317 e. The van der Waals surface area contributed by atoms with Crippen LogP contribution < -0.4 is 5.32 Å². The molecule has 2 unspecified atom stereocenters. The molecular weight excluding hydrogens is 224 g/mol. The van der Waals surface area contributed by atoms with Gasteiger partial charge in [-0.25, -0.2) is 4.79 Å². The van der Waals surface area contributed by atoms with Crippen LogP contribution in [0.15, 0.2) is 0 Å². The van der Waals surface area contributed by atoms with Crippen molar-refractivity contribution in [2.75, 3.05) is 19.7 Å². The van der Waals surface area contributed by atoms with E-state index < -0.39 is 5.97 Å². The zero-order valence-electron chi connectivity index (χ0n) is 10.3. The number of ether oxygens (including phenoxy) is 1. The van der Waals surface area contributed by atoms with Crippen molar-refractivity contribution in [3.05, 3.63) is 0 Å². The number of nitrogens with zero attached hydrogens (tertiary/aromatic N) is 1. The third kappa shape index (κ3) is 4.60. The number of urea groups is 1. The Balaban J connectivity index is 2.28. The van der Waals surface area contributed by atoms with Crippen molar-refractivity contribution < 1.29 is 19.4 Å². The zero-order chi connectivity index (χ0) is 12.8. The predicted molar refractivity (Wildman–Crippen MR) is 61.9 cm³/mol. The quantitative estimate of drug-likeness (QED) is 0.712. The maximum Gasteiger partial charge on any atom is 0.317 e. The van der Waals surface area contributed by atoms with Gasteiger partial charge in [-0.1, -0.05) is 0 Å². The van der Waals surface area contributed by atoms with Crippen molar-refractivity contribution in [3.63, 3.8) is 0 Å². The van der Waals surface area contributed by atoms with E-state index in [4.69, 9.17) is 9.84 Å². The average Bonchev–Trinajstić information content (AvgIpc) is 2.27. The lowest BCUT2D eigenvalue weighted by Crippen LogP contribution is -2.53. The molecule has 0 aromatic carbocycles. The summed E-state index contributed by atoms with van der Waals surface area (Å²) in [6.45, 7) is 5.37. The summed E-state index contributed by atoms with van der Waals surface area (Å²) in [5, 5.41) is 11.2. The van der Waals surface area contributed by atoms with Gasteiger partial charge in [-0.15, -0.1) is 0 Å². The molecule has 1 saturated heterocycles. The fourth-order valence-corrected chi connectivity index (χ4v) is 1.72. The average molecular weight is 244 g/mol. The highest BCUT2D eigenvalue weighted by atomic mass is 16.5. The van der Waals surface area contributed by atoms with Gasteiger partial charge in [0.05, 0.1) is 18.8 Å². The van der Waals surface area contributed by atoms with Gasteiger partial charge in [-0.05, 0) is 20.3 Å². The molecule has 0 bridgehead atoms. The lowest BCUT2D eigenvalue weighted by Gasteiger charge is -2.36. The van der Waals surface area contributed by atoms with Crippen LogP contribution in [-0.2, 0) is 9.53 Å². The van der Waals surface area contributed by atoms with Crippen LogP contribution in [-0.4, -0.2) is 53.8 Å². The monoisotopic (exact) mass is 244 g/mol. The largest absolute Gasteiger partial charge is 0.481 e. The van der Waals surface area contributed by atoms with Crippen LogP contribution in [0.4, 0.5) is 4.79 Å². The molecule has 0 aromatic heterocycles. The Hall–Kier alpha value is -1.30. The highest BCUT2D eigenvalue weighted by Gasteiger charge is 2.27. The third-order valence-electron chi connectivity index (χ3n) is 2.71. The van der Waals surface area contributed by atoms with Gasteiger partial charge in [0.1, 0.15) is 0 Å². The summed E-state index contributed by atoms with van der Waals surface area (Å²) in [5.41, 5.74) is 0. The summed E-state index contributed by atoms with van der Waals surface area (Å²) >= 11 is 0. The Morgan fingerprint density at radius 3 is 2.82 bits per heavy atom. The predicted octanol–water partition coefficient (Wildman–Crippen LogP) is 0.670. The summed E-state index contributed by atoms with van der Waals surface area (Å²) in [6.07, 6.45) is 0.584. The highest BCUT2D eigenvalue weighted by Crippen LogP contribution is 2.11. The number of nitrogens with one attached hydrogen (secondary N) is 1. The molecule has 6 nitrogen and oxygen atoms in total. The topological polar surface area (TPSA) is 78.9 Å². The minimum absolute atomic E-state index is 0.0518. The second kappa shape index (κ2) is 6.44. The second-order valence-electron chi connectivity index (χ2n) is 4.37. The van der Waals surface area contributed by atoms with Crippen molar-refractivity contribution in [2.24, 2.45) is 0 Å². The minimum Gasteiger partial charge on any atom is -0.481 e. The molecule has 0 saturated carbocycles. The standard InChI is InChI=1S/C11H20N2O4/c1-8-7-17-9(2)6-13(8)11(16)12-5-3-4-10(14)15/h8-9H,3-7H2,1-2H3,(H,12,16)(H,14,15). The van der Waals surface area contributed by atoms with Crippen LogP contribution in [0, 0.1) is 0 Å². The van der Waals surface area contributed by atoms with E-state index in [0.717, 1.165) is 0 Å². The summed E-state index contributed by atoms with van der Waals surface area (Å²) < 4.78 is 5.43. The Labute approximate surface area is 101 Å². The highest BCUT2D eigenvalue weighted by molar-refractivity contribution is 5.74. The fourth-order valence-electron chi connectivity index (χ4n) is 1.72. The van der Waals surface area contributed by atoms with Gasteiger partial charge in [-0.3, -0.25) is 4.79 Å². The molecule has 1 heterocycles. The Kier molecular flexibility index (Phi) is 5.21. The number of carboxylic acid groups (broad SMARTS) is 1. The second-order valence-corrected chi connectivity index (χ2v) is 4.37. The number of aliphatic carboxylic acids is 1. The van der Waals surface area contributed by atoms with E-state index in [2.05, 4.69) is 5.32 Å². The molecule has 2 amide bonds. The normalized spacial score (nSPS) is 24.5. The fraction of sp³-hybridized carbons (Fsp3) is 0.818. The van der Waals surface area contributed by atoms with Gasteiger partial charge < -0.3 is 20.1 Å². The summed E-state index contributed by atoms with van der Waals surface area (Å²) in [6, 6.07) is -0.0799. The molecule has 1 aliphatic rings. The Morgan fingerprint density at radius 1 is 1.47 bits per heavy atom. The molecule has 0 aliphatic carbocycles. The van der Waals surface area contributed by atoms with Crippen molar-refractivity contribution in [2.45, 2.75) is 38.8 Å². The van der Waals surface area contributed by atoms with Crippen LogP contribution in [0.5, 0.6) is 0 Å².